The molecule has 8 heteroatoms. The lowest BCUT2D eigenvalue weighted by atomic mass is 10.1. The number of anilines is 1. The number of nitrogens with one attached hydrogen (secondary N) is 2. The minimum Gasteiger partial charge on any atom is -0.368 e. The van der Waals surface area contributed by atoms with E-state index >= 15 is 0 Å². The lowest BCUT2D eigenvalue weighted by molar-refractivity contribution is 0.627. The third-order valence-corrected chi connectivity index (χ3v) is 3.74. The molecule has 0 aliphatic carbocycles. The van der Waals surface area contributed by atoms with Crippen LogP contribution in [0.4, 0.5) is 14.7 Å². The van der Waals surface area contributed by atoms with Crippen molar-refractivity contribution in [1.82, 2.24) is 25.4 Å². The van der Waals surface area contributed by atoms with Gasteiger partial charge in [-0.3, -0.25) is 5.10 Å². The Labute approximate surface area is 140 Å². The van der Waals surface area contributed by atoms with E-state index in [4.69, 9.17) is 5.73 Å². The van der Waals surface area contributed by atoms with Gasteiger partial charge in [-0.2, -0.15) is 5.10 Å². The summed E-state index contributed by atoms with van der Waals surface area (Å²) in [6, 6.07) is 9.09. The van der Waals surface area contributed by atoms with Gasteiger partial charge in [-0.15, -0.1) is 10.2 Å². The fourth-order valence-corrected chi connectivity index (χ4v) is 2.52. The molecule has 0 amide bonds. The van der Waals surface area contributed by atoms with E-state index in [-0.39, 0.29) is 17.3 Å². The van der Waals surface area contributed by atoms with E-state index in [1.807, 2.05) is 0 Å². The number of rotatable bonds is 3. The van der Waals surface area contributed by atoms with Gasteiger partial charge in [0.1, 0.15) is 17.2 Å². The second kappa shape index (κ2) is 5.82. The molecule has 4 N–H and O–H groups in total. The Morgan fingerprint density at radius 1 is 1.00 bits per heavy atom. The summed E-state index contributed by atoms with van der Waals surface area (Å²) in [6.07, 6.45) is 3.50. The SMILES string of the molecule is Nc1nnc(-c2cc(F)c3[nH]nc(/C=C/c4ccc(F)cc4)c3c2)[nH]1. The van der Waals surface area contributed by atoms with Gasteiger partial charge in [-0.1, -0.05) is 18.2 Å². The first-order chi connectivity index (χ1) is 12.1. The number of nitrogens with zero attached hydrogens (tertiary/aromatic N) is 3. The van der Waals surface area contributed by atoms with E-state index in [1.165, 1.54) is 18.2 Å². The second-order valence-electron chi connectivity index (χ2n) is 5.43. The summed E-state index contributed by atoms with van der Waals surface area (Å²) in [5.74, 6) is -0.246. The lowest BCUT2D eigenvalue weighted by Crippen LogP contribution is -1.87. The highest BCUT2D eigenvalue weighted by Crippen LogP contribution is 2.27. The molecule has 0 saturated heterocycles. The number of halogens is 2. The Bertz CT molecular complexity index is 1080. The topological polar surface area (TPSA) is 96.3 Å². The predicted molar refractivity (Wildman–Crippen MR) is 91.2 cm³/mol. The summed E-state index contributed by atoms with van der Waals surface area (Å²) in [5.41, 5.74) is 7.67. The van der Waals surface area contributed by atoms with Crippen LogP contribution in [0.2, 0.25) is 0 Å². The van der Waals surface area contributed by atoms with Crippen molar-refractivity contribution in [1.29, 1.82) is 0 Å². The fraction of sp³-hybridized carbons (Fsp3) is 0. The standard InChI is InChI=1S/C17H12F2N6/c18-11-4-1-9(2-5-11)3-6-14-12-7-10(16-21-17(20)25-24-16)8-13(19)15(12)23-22-14/h1-8H,(H,22,23)(H3,20,21,24,25)/b6-3+. The van der Waals surface area contributed by atoms with Crippen molar-refractivity contribution in [3.05, 3.63) is 59.3 Å². The van der Waals surface area contributed by atoms with E-state index < -0.39 is 5.82 Å². The Hall–Kier alpha value is -3.55. The second-order valence-corrected chi connectivity index (χ2v) is 5.43. The zero-order chi connectivity index (χ0) is 17.4. The number of benzene rings is 2. The molecule has 4 rings (SSSR count). The predicted octanol–water partition coefficient (Wildman–Crippen LogP) is 3.38. The molecular weight excluding hydrogens is 326 g/mol. The summed E-state index contributed by atoms with van der Waals surface area (Å²) >= 11 is 0. The van der Waals surface area contributed by atoms with Gasteiger partial charge in [-0.25, -0.2) is 8.78 Å². The van der Waals surface area contributed by atoms with Crippen LogP contribution in [0.3, 0.4) is 0 Å². The monoisotopic (exact) mass is 338 g/mol. The van der Waals surface area contributed by atoms with E-state index in [0.29, 0.717) is 22.5 Å². The molecule has 0 unspecified atom stereocenters. The molecule has 0 atom stereocenters. The molecule has 2 aromatic carbocycles. The van der Waals surface area contributed by atoms with Gasteiger partial charge >= 0.3 is 0 Å². The molecule has 0 saturated carbocycles. The van der Waals surface area contributed by atoms with E-state index in [1.54, 1.807) is 30.4 Å². The van der Waals surface area contributed by atoms with Crippen molar-refractivity contribution in [2.24, 2.45) is 0 Å². The van der Waals surface area contributed by atoms with Crippen LogP contribution in [0, 0.1) is 11.6 Å². The first kappa shape index (κ1) is 15.0. The highest BCUT2D eigenvalue weighted by atomic mass is 19.1. The molecule has 0 aliphatic heterocycles. The first-order valence-corrected chi connectivity index (χ1v) is 7.40. The molecule has 0 bridgehead atoms. The van der Waals surface area contributed by atoms with Gasteiger partial charge in [0.2, 0.25) is 5.95 Å². The number of hydrogen-bond acceptors (Lipinski definition) is 4. The van der Waals surface area contributed by atoms with Crippen molar-refractivity contribution in [2.45, 2.75) is 0 Å². The van der Waals surface area contributed by atoms with Gasteiger partial charge in [0.15, 0.2) is 5.82 Å². The highest BCUT2D eigenvalue weighted by molar-refractivity contribution is 5.92. The summed E-state index contributed by atoms with van der Waals surface area (Å²) < 4.78 is 27.3. The minimum atomic E-state index is -0.462. The summed E-state index contributed by atoms with van der Waals surface area (Å²) in [7, 11) is 0. The van der Waals surface area contributed by atoms with Gasteiger partial charge < -0.3 is 10.7 Å². The maximum absolute atomic E-state index is 14.3. The number of hydrogen-bond donors (Lipinski definition) is 3. The average molecular weight is 338 g/mol. The molecule has 2 heterocycles. The largest absolute Gasteiger partial charge is 0.368 e. The third kappa shape index (κ3) is 2.85. The van der Waals surface area contributed by atoms with E-state index in [0.717, 1.165) is 5.56 Å². The zero-order valence-corrected chi connectivity index (χ0v) is 12.8. The third-order valence-electron chi connectivity index (χ3n) is 3.74. The molecule has 6 nitrogen and oxygen atoms in total. The van der Waals surface area contributed by atoms with Crippen LogP contribution >= 0.6 is 0 Å². The Morgan fingerprint density at radius 2 is 1.80 bits per heavy atom. The molecule has 0 aliphatic rings. The maximum Gasteiger partial charge on any atom is 0.219 e. The van der Waals surface area contributed by atoms with Crippen LogP contribution in [0.1, 0.15) is 11.3 Å². The zero-order valence-electron chi connectivity index (χ0n) is 12.8. The van der Waals surface area contributed by atoms with Gasteiger partial charge in [-0.05, 0) is 35.9 Å². The van der Waals surface area contributed by atoms with Crippen molar-refractivity contribution in [3.63, 3.8) is 0 Å². The van der Waals surface area contributed by atoms with Crippen molar-refractivity contribution >= 4 is 29.0 Å². The molecule has 25 heavy (non-hydrogen) atoms. The Morgan fingerprint density at radius 3 is 2.52 bits per heavy atom. The summed E-state index contributed by atoms with van der Waals surface area (Å²) in [5, 5.41) is 14.9. The molecular formula is C17H12F2N6. The molecule has 0 spiro atoms. The normalized spacial score (nSPS) is 11.6. The quantitative estimate of drug-likeness (QED) is 0.533. The van der Waals surface area contributed by atoms with Gasteiger partial charge in [0.25, 0.3) is 0 Å². The number of aromatic nitrogens is 5. The molecule has 124 valence electrons. The van der Waals surface area contributed by atoms with Gasteiger partial charge in [0.05, 0.1) is 5.69 Å². The van der Waals surface area contributed by atoms with Gasteiger partial charge in [0, 0.05) is 10.9 Å². The number of nitrogen functional groups attached to an aromatic ring is 1. The van der Waals surface area contributed by atoms with Crippen LogP contribution in [0.5, 0.6) is 0 Å². The van der Waals surface area contributed by atoms with Crippen LogP contribution in [-0.2, 0) is 0 Å². The fourth-order valence-electron chi connectivity index (χ4n) is 2.52. The number of aromatic amines is 2. The number of fused-ring (bicyclic) bond motifs is 1. The van der Waals surface area contributed by atoms with E-state index in [9.17, 15) is 8.78 Å². The Balaban J connectivity index is 1.77. The highest BCUT2D eigenvalue weighted by Gasteiger charge is 2.13. The maximum atomic E-state index is 14.3. The molecule has 0 radical (unpaired) electrons. The van der Waals surface area contributed by atoms with Crippen molar-refractivity contribution < 1.29 is 8.78 Å². The van der Waals surface area contributed by atoms with Crippen molar-refractivity contribution in [2.75, 3.05) is 5.73 Å². The van der Waals surface area contributed by atoms with Crippen LogP contribution in [-0.4, -0.2) is 25.4 Å². The minimum absolute atomic E-state index is 0.152. The Kier molecular flexibility index (Phi) is 3.50. The molecule has 0 fully saturated rings. The van der Waals surface area contributed by atoms with Crippen molar-refractivity contribution in [3.8, 4) is 11.4 Å². The number of H-pyrrole nitrogens is 2. The van der Waals surface area contributed by atoms with Crippen LogP contribution < -0.4 is 5.73 Å². The van der Waals surface area contributed by atoms with Crippen LogP contribution in [0.25, 0.3) is 34.4 Å². The van der Waals surface area contributed by atoms with Crippen LogP contribution in [0.15, 0.2) is 36.4 Å². The lowest BCUT2D eigenvalue weighted by Gasteiger charge is -1.99. The first-order valence-electron chi connectivity index (χ1n) is 7.40. The summed E-state index contributed by atoms with van der Waals surface area (Å²) in [4.78, 5) is 2.76. The summed E-state index contributed by atoms with van der Waals surface area (Å²) in [6.45, 7) is 0. The average Bonchev–Trinajstić information content (AvgIpc) is 3.21. The molecule has 4 aromatic rings. The molecule has 2 aromatic heterocycles. The number of nitrogens with two attached hydrogens (primary N) is 1. The van der Waals surface area contributed by atoms with E-state index in [2.05, 4.69) is 25.4 Å². The smallest absolute Gasteiger partial charge is 0.219 e.